The highest BCUT2D eigenvalue weighted by Crippen LogP contribution is 2.20. The maximum Gasteiger partial charge on any atom is 0.0292 e. The SMILES string of the molecule is CSCCCNC(C)c1ccc2ccccc2c1. The molecule has 0 aliphatic carbocycles. The fourth-order valence-corrected chi connectivity index (χ4v) is 2.56. The lowest BCUT2D eigenvalue weighted by atomic mass is 10.0. The van der Waals surface area contributed by atoms with Crippen LogP contribution >= 0.6 is 11.8 Å². The van der Waals surface area contributed by atoms with E-state index in [2.05, 4.69) is 61.0 Å². The highest BCUT2D eigenvalue weighted by Gasteiger charge is 2.04. The van der Waals surface area contributed by atoms with E-state index >= 15 is 0 Å². The Morgan fingerprint density at radius 1 is 1.11 bits per heavy atom. The maximum atomic E-state index is 3.59. The summed E-state index contributed by atoms with van der Waals surface area (Å²) >= 11 is 1.91. The van der Waals surface area contributed by atoms with E-state index in [9.17, 15) is 0 Å². The highest BCUT2D eigenvalue weighted by atomic mass is 32.2. The zero-order valence-electron chi connectivity index (χ0n) is 11.1. The van der Waals surface area contributed by atoms with Crippen LogP contribution in [0.1, 0.15) is 24.9 Å². The van der Waals surface area contributed by atoms with Crippen molar-refractivity contribution in [2.45, 2.75) is 19.4 Å². The van der Waals surface area contributed by atoms with Crippen molar-refractivity contribution < 1.29 is 0 Å². The molecule has 0 saturated heterocycles. The van der Waals surface area contributed by atoms with Crippen molar-refractivity contribution in [3.63, 3.8) is 0 Å². The summed E-state index contributed by atoms with van der Waals surface area (Å²) in [6.45, 7) is 3.33. The van der Waals surface area contributed by atoms with Crippen LogP contribution in [-0.4, -0.2) is 18.6 Å². The molecule has 0 saturated carbocycles. The van der Waals surface area contributed by atoms with Crippen LogP contribution in [0.25, 0.3) is 10.8 Å². The van der Waals surface area contributed by atoms with Gasteiger partial charge >= 0.3 is 0 Å². The summed E-state index contributed by atoms with van der Waals surface area (Å²) in [5.74, 6) is 1.23. The van der Waals surface area contributed by atoms with E-state index in [1.165, 1.54) is 28.5 Å². The van der Waals surface area contributed by atoms with Crippen LogP contribution in [-0.2, 0) is 0 Å². The molecular formula is C16H21NS. The monoisotopic (exact) mass is 259 g/mol. The number of hydrogen-bond donors (Lipinski definition) is 1. The quantitative estimate of drug-likeness (QED) is 0.779. The predicted octanol–water partition coefficient (Wildman–Crippen LogP) is 4.24. The Labute approximate surface area is 114 Å². The van der Waals surface area contributed by atoms with Gasteiger partial charge in [-0.3, -0.25) is 0 Å². The van der Waals surface area contributed by atoms with E-state index in [0.717, 1.165) is 6.54 Å². The van der Waals surface area contributed by atoms with Crippen LogP contribution in [0.2, 0.25) is 0 Å². The molecule has 1 N–H and O–H groups in total. The second-order valence-electron chi connectivity index (χ2n) is 4.63. The third kappa shape index (κ3) is 3.50. The Hall–Kier alpha value is -0.990. The molecule has 0 amide bonds. The smallest absolute Gasteiger partial charge is 0.0292 e. The molecule has 2 aromatic rings. The molecule has 96 valence electrons. The largest absolute Gasteiger partial charge is 0.310 e. The van der Waals surface area contributed by atoms with Crippen LogP contribution in [0.3, 0.4) is 0 Å². The molecule has 1 nitrogen and oxygen atoms in total. The fraction of sp³-hybridized carbons (Fsp3) is 0.375. The summed E-state index contributed by atoms with van der Waals surface area (Å²) in [5.41, 5.74) is 1.37. The van der Waals surface area contributed by atoms with Crippen molar-refractivity contribution in [1.82, 2.24) is 5.32 Å². The first kappa shape index (κ1) is 13.4. The maximum absolute atomic E-state index is 3.59. The van der Waals surface area contributed by atoms with Gasteiger partial charge in [-0.1, -0.05) is 36.4 Å². The molecule has 0 aliphatic heterocycles. The van der Waals surface area contributed by atoms with Gasteiger partial charge in [0.1, 0.15) is 0 Å². The molecule has 18 heavy (non-hydrogen) atoms. The zero-order chi connectivity index (χ0) is 12.8. The first-order valence-electron chi connectivity index (χ1n) is 6.52. The molecule has 0 bridgehead atoms. The van der Waals surface area contributed by atoms with Gasteiger partial charge in [-0.15, -0.1) is 0 Å². The van der Waals surface area contributed by atoms with E-state index in [0.29, 0.717) is 6.04 Å². The van der Waals surface area contributed by atoms with Crippen LogP contribution in [0.5, 0.6) is 0 Å². The van der Waals surface area contributed by atoms with Crippen LogP contribution < -0.4 is 5.32 Å². The van der Waals surface area contributed by atoms with E-state index in [-0.39, 0.29) is 0 Å². The number of benzene rings is 2. The number of fused-ring (bicyclic) bond motifs is 1. The summed E-state index contributed by atoms with van der Waals surface area (Å²) in [5, 5.41) is 6.23. The van der Waals surface area contributed by atoms with Gasteiger partial charge in [-0.25, -0.2) is 0 Å². The van der Waals surface area contributed by atoms with Gasteiger partial charge in [0.15, 0.2) is 0 Å². The molecule has 1 atom stereocenters. The molecule has 0 aliphatic rings. The molecule has 1 unspecified atom stereocenters. The van der Waals surface area contributed by atoms with Crippen LogP contribution in [0, 0.1) is 0 Å². The molecule has 0 radical (unpaired) electrons. The third-order valence-electron chi connectivity index (χ3n) is 3.25. The minimum Gasteiger partial charge on any atom is -0.310 e. The normalized spacial score (nSPS) is 12.8. The number of rotatable bonds is 6. The Morgan fingerprint density at radius 3 is 2.67 bits per heavy atom. The average Bonchev–Trinajstić information content (AvgIpc) is 2.43. The standard InChI is InChI=1S/C16H21NS/c1-13(17-10-5-11-18-2)15-9-8-14-6-3-4-7-16(14)12-15/h3-4,6-9,12-13,17H,5,10-11H2,1-2H3. The van der Waals surface area contributed by atoms with Gasteiger partial charge in [0.25, 0.3) is 0 Å². The van der Waals surface area contributed by atoms with Crippen molar-refractivity contribution >= 4 is 22.5 Å². The molecule has 0 heterocycles. The Morgan fingerprint density at radius 2 is 1.89 bits per heavy atom. The van der Waals surface area contributed by atoms with Crippen molar-refractivity contribution in [1.29, 1.82) is 0 Å². The van der Waals surface area contributed by atoms with Gasteiger partial charge in [-0.05, 0) is 54.3 Å². The number of hydrogen-bond acceptors (Lipinski definition) is 2. The summed E-state index contributed by atoms with van der Waals surface area (Å²) in [7, 11) is 0. The minimum absolute atomic E-state index is 0.427. The van der Waals surface area contributed by atoms with Crippen molar-refractivity contribution in [3.8, 4) is 0 Å². The minimum atomic E-state index is 0.427. The van der Waals surface area contributed by atoms with Gasteiger partial charge in [-0.2, -0.15) is 11.8 Å². The lowest BCUT2D eigenvalue weighted by Gasteiger charge is -2.14. The third-order valence-corrected chi connectivity index (χ3v) is 3.95. The van der Waals surface area contributed by atoms with Crippen LogP contribution in [0.15, 0.2) is 42.5 Å². The van der Waals surface area contributed by atoms with Gasteiger partial charge in [0.2, 0.25) is 0 Å². The summed E-state index contributed by atoms with van der Waals surface area (Å²) < 4.78 is 0. The lowest BCUT2D eigenvalue weighted by molar-refractivity contribution is 0.573. The van der Waals surface area contributed by atoms with E-state index in [1.54, 1.807) is 0 Å². The Kier molecular flexibility index (Phi) is 5.09. The van der Waals surface area contributed by atoms with Gasteiger partial charge in [0, 0.05) is 6.04 Å². The van der Waals surface area contributed by atoms with Gasteiger partial charge < -0.3 is 5.32 Å². The van der Waals surface area contributed by atoms with Crippen molar-refractivity contribution in [2.75, 3.05) is 18.6 Å². The summed E-state index contributed by atoms with van der Waals surface area (Å²) in [4.78, 5) is 0. The molecule has 0 aromatic heterocycles. The average molecular weight is 259 g/mol. The molecule has 0 spiro atoms. The Bertz CT molecular complexity index is 495. The summed E-state index contributed by atoms with van der Waals surface area (Å²) in [6.07, 6.45) is 3.39. The molecule has 2 aromatic carbocycles. The number of thioether (sulfide) groups is 1. The molecule has 2 rings (SSSR count). The summed E-state index contributed by atoms with van der Waals surface area (Å²) in [6, 6.07) is 15.7. The first-order chi connectivity index (χ1) is 8.81. The topological polar surface area (TPSA) is 12.0 Å². The molecule has 2 heteroatoms. The highest BCUT2D eigenvalue weighted by molar-refractivity contribution is 7.98. The second kappa shape index (κ2) is 6.81. The lowest BCUT2D eigenvalue weighted by Crippen LogP contribution is -2.20. The van der Waals surface area contributed by atoms with E-state index < -0.39 is 0 Å². The van der Waals surface area contributed by atoms with E-state index in [1.807, 2.05) is 11.8 Å². The van der Waals surface area contributed by atoms with E-state index in [4.69, 9.17) is 0 Å². The number of nitrogens with one attached hydrogen (secondary N) is 1. The van der Waals surface area contributed by atoms with Crippen molar-refractivity contribution in [2.24, 2.45) is 0 Å². The van der Waals surface area contributed by atoms with Crippen LogP contribution in [0.4, 0.5) is 0 Å². The Balaban J connectivity index is 2.01. The van der Waals surface area contributed by atoms with Crippen molar-refractivity contribution in [3.05, 3.63) is 48.0 Å². The predicted molar refractivity (Wildman–Crippen MR) is 83.4 cm³/mol. The molecular weight excluding hydrogens is 238 g/mol. The van der Waals surface area contributed by atoms with Gasteiger partial charge in [0.05, 0.1) is 0 Å². The first-order valence-corrected chi connectivity index (χ1v) is 7.91. The second-order valence-corrected chi connectivity index (χ2v) is 5.61. The zero-order valence-corrected chi connectivity index (χ0v) is 12.0. The molecule has 0 fully saturated rings. The fourth-order valence-electron chi connectivity index (χ4n) is 2.13.